The van der Waals surface area contributed by atoms with Gasteiger partial charge in [0.1, 0.15) is 12.1 Å². The van der Waals surface area contributed by atoms with Crippen LogP contribution < -0.4 is 11.1 Å². The molecular formula is C13H24N2O5. The number of carboxylic acids is 1. The SMILES string of the molecule is CCOC1CC(N)(C(=O)NCCOCC(=O)O)C1(C)C. The third-order valence-corrected chi connectivity index (χ3v) is 3.99. The Balaban J connectivity index is 2.38. The van der Waals surface area contributed by atoms with Crippen molar-refractivity contribution in [3.63, 3.8) is 0 Å². The minimum absolute atomic E-state index is 0.0217. The van der Waals surface area contributed by atoms with Gasteiger partial charge in [0, 0.05) is 25.0 Å². The first-order chi connectivity index (χ1) is 9.25. The molecule has 1 saturated carbocycles. The molecule has 0 bridgehead atoms. The number of carboxylic acid groups (broad SMARTS) is 1. The van der Waals surface area contributed by atoms with Crippen molar-refractivity contribution in [2.75, 3.05) is 26.4 Å². The summed E-state index contributed by atoms with van der Waals surface area (Å²) < 4.78 is 10.4. The van der Waals surface area contributed by atoms with E-state index in [1.165, 1.54) is 0 Å². The highest BCUT2D eigenvalue weighted by molar-refractivity contribution is 5.88. The third-order valence-electron chi connectivity index (χ3n) is 3.99. The molecule has 2 unspecified atom stereocenters. The van der Waals surface area contributed by atoms with Crippen LogP contribution in [0.25, 0.3) is 0 Å². The van der Waals surface area contributed by atoms with Crippen LogP contribution in [-0.2, 0) is 19.1 Å². The van der Waals surface area contributed by atoms with Crippen molar-refractivity contribution in [1.29, 1.82) is 0 Å². The monoisotopic (exact) mass is 288 g/mol. The first-order valence-corrected chi connectivity index (χ1v) is 6.74. The summed E-state index contributed by atoms with van der Waals surface area (Å²) in [7, 11) is 0. The zero-order valence-corrected chi connectivity index (χ0v) is 12.3. The predicted molar refractivity (Wildman–Crippen MR) is 72.2 cm³/mol. The largest absolute Gasteiger partial charge is 0.480 e. The van der Waals surface area contributed by atoms with Gasteiger partial charge in [-0.05, 0) is 6.92 Å². The van der Waals surface area contributed by atoms with Crippen LogP contribution in [0.15, 0.2) is 0 Å². The molecule has 0 heterocycles. The molecule has 1 rings (SSSR count). The molecule has 1 aliphatic rings. The topological polar surface area (TPSA) is 111 Å². The highest BCUT2D eigenvalue weighted by Crippen LogP contribution is 2.49. The summed E-state index contributed by atoms with van der Waals surface area (Å²) in [5, 5.41) is 11.1. The first kappa shape index (κ1) is 16.9. The average Bonchev–Trinajstić information content (AvgIpc) is 2.37. The number of rotatable bonds is 8. The van der Waals surface area contributed by atoms with E-state index in [4.69, 9.17) is 20.3 Å². The van der Waals surface area contributed by atoms with E-state index in [0.717, 1.165) is 0 Å². The van der Waals surface area contributed by atoms with E-state index in [0.29, 0.717) is 13.0 Å². The number of aliphatic carboxylic acids is 1. The summed E-state index contributed by atoms with van der Waals surface area (Å²) in [6.07, 6.45) is 0.460. The molecule has 1 fully saturated rings. The van der Waals surface area contributed by atoms with E-state index < -0.39 is 16.9 Å². The number of nitrogens with two attached hydrogens (primary N) is 1. The molecule has 0 spiro atoms. The normalized spacial score (nSPS) is 27.7. The highest BCUT2D eigenvalue weighted by Gasteiger charge is 2.62. The van der Waals surface area contributed by atoms with E-state index in [-0.39, 0.29) is 31.8 Å². The number of carbonyl (C=O) groups is 2. The second-order valence-corrected chi connectivity index (χ2v) is 5.54. The minimum atomic E-state index is -1.04. The van der Waals surface area contributed by atoms with Gasteiger partial charge in [-0.1, -0.05) is 13.8 Å². The number of hydrogen-bond acceptors (Lipinski definition) is 5. The Kier molecular flexibility index (Phi) is 5.50. The summed E-state index contributed by atoms with van der Waals surface area (Å²) >= 11 is 0. The molecule has 0 saturated heterocycles. The van der Waals surface area contributed by atoms with Gasteiger partial charge >= 0.3 is 5.97 Å². The van der Waals surface area contributed by atoms with Gasteiger partial charge in [-0.3, -0.25) is 4.79 Å². The fraction of sp³-hybridized carbons (Fsp3) is 0.846. The van der Waals surface area contributed by atoms with Crippen LogP contribution in [0.2, 0.25) is 0 Å². The smallest absolute Gasteiger partial charge is 0.329 e. The van der Waals surface area contributed by atoms with Crippen molar-refractivity contribution in [1.82, 2.24) is 5.32 Å². The number of carbonyl (C=O) groups excluding carboxylic acids is 1. The molecule has 20 heavy (non-hydrogen) atoms. The highest BCUT2D eigenvalue weighted by atomic mass is 16.5. The minimum Gasteiger partial charge on any atom is -0.480 e. The standard InChI is InChI=1S/C13H24N2O5/c1-4-20-9-7-13(14,12(9,2)3)11(18)15-5-6-19-8-10(16)17/h9H,4-8,14H2,1-3H3,(H,15,18)(H,16,17). The van der Waals surface area contributed by atoms with Crippen LogP contribution in [0.4, 0.5) is 0 Å². The van der Waals surface area contributed by atoms with Crippen LogP contribution in [0.1, 0.15) is 27.2 Å². The Hall–Kier alpha value is -1.18. The molecular weight excluding hydrogens is 264 g/mol. The molecule has 116 valence electrons. The zero-order chi connectivity index (χ0) is 15.4. The first-order valence-electron chi connectivity index (χ1n) is 6.74. The molecule has 0 aromatic heterocycles. The zero-order valence-electron chi connectivity index (χ0n) is 12.3. The average molecular weight is 288 g/mol. The molecule has 0 aromatic carbocycles. The second-order valence-electron chi connectivity index (χ2n) is 5.54. The Bertz CT molecular complexity index is 372. The maximum atomic E-state index is 12.1. The van der Waals surface area contributed by atoms with Crippen molar-refractivity contribution < 1.29 is 24.2 Å². The van der Waals surface area contributed by atoms with Gasteiger partial charge in [-0.25, -0.2) is 4.79 Å². The maximum absolute atomic E-state index is 12.1. The van der Waals surface area contributed by atoms with E-state index in [9.17, 15) is 9.59 Å². The fourth-order valence-corrected chi connectivity index (χ4v) is 2.37. The Labute approximate surface area is 118 Å². The Morgan fingerprint density at radius 3 is 2.60 bits per heavy atom. The quantitative estimate of drug-likeness (QED) is 0.530. The molecule has 0 radical (unpaired) electrons. The van der Waals surface area contributed by atoms with E-state index in [1.54, 1.807) is 0 Å². The number of hydrogen-bond donors (Lipinski definition) is 3. The van der Waals surface area contributed by atoms with Crippen LogP contribution in [-0.4, -0.2) is 55.0 Å². The Morgan fingerprint density at radius 1 is 1.45 bits per heavy atom. The van der Waals surface area contributed by atoms with Crippen LogP contribution >= 0.6 is 0 Å². The maximum Gasteiger partial charge on any atom is 0.329 e. The molecule has 1 amide bonds. The summed E-state index contributed by atoms with van der Waals surface area (Å²) in [6, 6.07) is 0. The van der Waals surface area contributed by atoms with Gasteiger partial charge in [0.05, 0.1) is 12.7 Å². The Morgan fingerprint density at radius 2 is 2.10 bits per heavy atom. The molecule has 2 atom stereocenters. The van der Waals surface area contributed by atoms with E-state index in [2.05, 4.69) is 5.32 Å². The van der Waals surface area contributed by atoms with E-state index in [1.807, 2.05) is 20.8 Å². The van der Waals surface area contributed by atoms with Gasteiger partial charge < -0.3 is 25.6 Å². The summed E-state index contributed by atoms with van der Waals surface area (Å²) in [4.78, 5) is 22.4. The van der Waals surface area contributed by atoms with Gasteiger partial charge in [0.2, 0.25) is 5.91 Å². The van der Waals surface area contributed by atoms with Gasteiger partial charge in [-0.15, -0.1) is 0 Å². The second kappa shape index (κ2) is 6.51. The molecule has 0 aliphatic heterocycles. The summed E-state index contributed by atoms with van der Waals surface area (Å²) in [5.74, 6) is -1.29. The van der Waals surface area contributed by atoms with Crippen LogP contribution in [0, 0.1) is 5.41 Å². The fourth-order valence-electron chi connectivity index (χ4n) is 2.37. The van der Waals surface area contributed by atoms with Crippen LogP contribution in [0.3, 0.4) is 0 Å². The number of amides is 1. The van der Waals surface area contributed by atoms with Crippen molar-refractivity contribution in [2.24, 2.45) is 11.1 Å². The van der Waals surface area contributed by atoms with Crippen molar-refractivity contribution in [2.45, 2.75) is 38.8 Å². The van der Waals surface area contributed by atoms with Gasteiger partial charge in [0.15, 0.2) is 0 Å². The lowest BCUT2D eigenvalue weighted by atomic mass is 9.54. The molecule has 7 heteroatoms. The lowest BCUT2D eigenvalue weighted by molar-refractivity contribution is -0.170. The third kappa shape index (κ3) is 3.28. The predicted octanol–water partition coefficient (Wildman–Crippen LogP) is -0.264. The lowest BCUT2D eigenvalue weighted by Gasteiger charge is -2.57. The molecule has 0 aromatic rings. The van der Waals surface area contributed by atoms with Crippen molar-refractivity contribution in [3.05, 3.63) is 0 Å². The summed E-state index contributed by atoms with van der Waals surface area (Å²) in [5.41, 5.74) is 4.79. The van der Waals surface area contributed by atoms with E-state index >= 15 is 0 Å². The number of nitrogens with one attached hydrogen (secondary N) is 1. The van der Waals surface area contributed by atoms with Gasteiger partial charge in [-0.2, -0.15) is 0 Å². The van der Waals surface area contributed by atoms with Crippen molar-refractivity contribution in [3.8, 4) is 0 Å². The number of ether oxygens (including phenoxy) is 2. The van der Waals surface area contributed by atoms with Gasteiger partial charge in [0.25, 0.3) is 0 Å². The summed E-state index contributed by atoms with van der Waals surface area (Å²) in [6.45, 7) is 6.33. The van der Waals surface area contributed by atoms with Crippen molar-refractivity contribution >= 4 is 11.9 Å². The molecule has 7 nitrogen and oxygen atoms in total. The lowest BCUT2D eigenvalue weighted by Crippen LogP contribution is -2.75. The molecule has 1 aliphatic carbocycles. The van der Waals surface area contributed by atoms with Crippen LogP contribution in [0.5, 0.6) is 0 Å². The molecule has 4 N–H and O–H groups in total.